The topological polar surface area (TPSA) is 49.4 Å². The third kappa shape index (κ3) is 15.8. The van der Waals surface area contributed by atoms with E-state index in [1.807, 2.05) is 6.92 Å². The summed E-state index contributed by atoms with van der Waals surface area (Å²) in [4.78, 5) is 9.68. The third-order valence-corrected chi connectivity index (χ3v) is 0.655. The Kier molecular flexibility index (Phi) is 20.4. The van der Waals surface area contributed by atoms with Crippen LogP contribution in [-0.4, -0.2) is 19.2 Å². The van der Waals surface area contributed by atoms with Crippen LogP contribution in [0.1, 0.15) is 23.6 Å². The fraction of sp³-hybridized carbons (Fsp3) is 0.833. The molecule has 0 saturated heterocycles. The van der Waals surface area contributed by atoms with Crippen molar-refractivity contribution >= 4 is 5.97 Å². The predicted molar refractivity (Wildman–Crippen MR) is 37.1 cm³/mol. The molecule has 0 heterocycles. The van der Waals surface area contributed by atoms with Gasteiger partial charge >= 0.3 is 29.6 Å². The summed E-state index contributed by atoms with van der Waals surface area (Å²) >= 11 is 0. The second kappa shape index (κ2) is 12.1. The Hall–Kier alpha value is 0.430. The number of hydrogen-bond acceptors (Lipinski definition) is 3. The van der Waals surface area contributed by atoms with Crippen molar-refractivity contribution in [3.63, 3.8) is 0 Å². The van der Waals surface area contributed by atoms with E-state index in [1.165, 1.54) is 0 Å². The number of hydrogen-bond donors (Lipinski definition) is 0. The van der Waals surface area contributed by atoms with E-state index in [-0.39, 0.29) is 52.9 Å². The van der Waals surface area contributed by atoms with E-state index in [2.05, 4.69) is 0 Å². The van der Waals surface area contributed by atoms with Crippen molar-refractivity contribution in [2.45, 2.75) is 20.8 Å². The summed E-state index contributed by atoms with van der Waals surface area (Å²) in [5.74, 6) is -1.06. The molecular weight excluding hydrogens is 143 g/mol. The van der Waals surface area contributed by atoms with Gasteiger partial charge in [-0.3, -0.25) is 0 Å². The molecule has 0 N–H and O–H groups in total. The van der Waals surface area contributed by atoms with Crippen molar-refractivity contribution in [2.24, 2.45) is 0 Å². The van der Waals surface area contributed by atoms with Gasteiger partial charge in [-0.2, -0.15) is 0 Å². The molecule has 10 heavy (non-hydrogen) atoms. The Morgan fingerprint density at radius 2 is 2.20 bits per heavy atom. The molecule has 0 aromatic carbocycles. The van der Waals surface area contributed by atoms with Crippen molar-refractivity contribution in [3.8, 4) is 0 Å². The zero-order chi connectivity index (χ0) is 6.41. The van der Waals surface area contributed by atoms with Gasteiger partial charge in [0.2, 0.25) is 0 Å². The molecule has 0 rings (SSSR count). The zero-order valence-corrected chi connectivity index (χ0v) is 7.85. The zero-order valence-electron chi connectivity index (χ0n) is 5.85. The van der Waals surface area contributed by atoms with E-state index in [1.54, 1.807) is 0 Å². The van der Waals surface area contributed by atoms with E-state index in [4.69, 9.17) is 4.74 Å². The number of rotatable bonds is 4. The van der Waals surface area contributed by atoms with Crippen LogP contribution in [0.2, 0.25) is 0 Å². The molecule has 60 valence electrons. The average molecular weight is 160 g/mol. The molecule has 0 unspecified atom stereocenters. The van der Waals surface area contributed by atoms with Gasteiger partial charge in [0.15, 0.2) is 0 Å². The second-order valence-corrected chi connectivity index (χ2v) is 1.32. The monoisotopic (exact) mass is 160 g/mol. The van der Waals surface area contributed by atoms with Gasteiger partial charge in [0.05, 0.1) is 6.61 Å². The minimum Gasteiger partial charge on any atom is -0.550 e. The number of carboxylic acids is 1. The number of ether oxygens (including phenoxy) is 1. The summed E-state index contributed by atoms with van der Waals surface area (Å²) in [6.45, 7) is 2.64. The Morgan fingerprint density at radius 3 is 2.50 bits per heavy atom. The number of carbonyl (C=O) groups excluding carboxylic acids is 1. The first-order chi connectivity index (χ1) is 3.77. The van der Waals surface area contributed by atoms with Gasteiger partial charge < -0.3 is 14.6 Å². The van der Waals surface area contributed by atoms with E-state index < -0.39 is 5.97 Å². The Bertz CT molecular complexity index is 83.2. The Morgan fingerprint density at radius 1 is 1.70 bits per heavy atom. The molecule has 0 saturated carbocycles. The van der Waals surface area contributed by atoms with Gasteiger partial charge in [-0.1, -0.05) is 7.43 Å². The average Bonchev–Trinajstić information content (AvgIpc) is 1.66. The van der Waals surface area contributed by atoms with Crippen LogP contribution < -0.4 is 34.7 Å². The van der Waals surface area contributed by atoms with Crippen LogP contribution in [0.3, 0.4) is 0 Å². The number of carbonyl (C=O) groups is 1. The second-order valence-electron chi connectivity index (χ2n) is 1.32. The van der Waals surface area contributed by atoms with E-state index >= 15 is 0 Å². The third-order valence-electron chi connectivity index (χ3n) is 0.655. The Balaban J connectivity index is -0.0000000408. The number of carboxylic acid groups (broad SMARTS) is 1. The molecule has 0 atom stereocenters. The summed E-state index contributed by atoms with van der Waals surface area (Å²) in [6, 6.07) is 0. The summed E-state index contributed by atoms with van der Waals surface area (Å²) in [6.07, 6.45) is -0.00611. The summed E-state index contributed by atoms with van der Waals surface area (Å²) in [5.41, 5.74) is 0. The molecule has 0 aliphatic carbocycles. The quantitative estimate of drug-likeness (QED) is 0.332. The molecule has 0 fully saturated rings. The normalized spacial score (nSPS) is 7.30. The van der Waals surface area contributed by atoms with Crippen LogP contribution in [0, 0.1) is 0 Å². The summed E-state index contributed by atoms with van der Waals surface area (Å²) in [7, 11) is 0. The van der Waals surface area contributed by atoms with Crippen molar-refractivity contribution in [3.05, 3.63) is 0 Å². The van der Waals surface area contributed by atoms with Crippen molar-refractivity contribution < 1.29 is 47.0 Å². The number of aliphatic carboxylic acids is 1. The van der Waals surface area contributed by atoms with Gasteiger partial charge in [-0.05, 0) is 6.92 Å². The van der Waals surface area contributed by atoms with Crippen LogP contribution in [0.5, 0.6) is 0 Å². The molecule has 0 aliphatic heterocycles. The van der Waals surface area contributed by atoms with Crippen LogP contribution in [0.15, 0.2) is 0 Å². The van der Waals surface area contributed by atoms with Gasteiger partial charge in [0.25, 0.3) is 0 Å². The molecule has 0 aliphatic rings. The molecule has 0 amide bonds. The van der Waals surface area contributed by atoms with Crippen molar-refractivity contribution in [1.29, 1.82) is 0 Å². The summed E-state index contributed by atoms with van der Waals surface area (Å²) < 4.78 is 4.72. The standard InChI is InChI=1S/C5H10O3.CH4.Na.2H2/c1-2-8-4-3-5(6)7;;;;/h2-4H2,1H3,(H,6,7);1H4;;2*1H/q;;+1;;/p-1. The van der Waals surface area contributed by atoms with Gasteiger partial charge in [-0.25, -0.2) is 0 Å². The van der Waals surface area contributed by atoms with Gasteiger partial charge in [0.1, 0.15) is 0 Å². The largest absolute Gasteiger partial charge is 1.00 e. The molecule has 0 aromatic rings. The first kappa shape index (κ1) is 16.8. The first-order valence-corrected chi connectivity index (χ1v) is 2.55. The SMILES string of the molecule is C.CCOCCC(=O)[O-].[HH].[HH].[Na+]. The predicted octanol–water partition coefficient (Wildman–Crippen LogP) is -2.70. The minimum absolute atomic E-state index is 0. The molecule has 0 radical (unpaired) electrons. The van der Waals surface area contributed by atoms with E-state index in [9.17, 15) is 9.90 Å². The van der Waals surface area contributed by atoms with Crippen LogP contribution in [0.25, 0.3) is 0 Å². The fourth-order valence-electron chi connectivity index (χ4n) is 0.300. The van der Waals surface area contributed by atoms with Crippen LogP contribution >= 0.6 is 0 Å². The van der Waals surface area contributed by atoms with Crippen molar-refractivity contribution in [2.75, 3.05) is 13.2 Å². The van der Waals surface area contributed by atoms with Crippen molar-refractivity contribution in [1.82, 2.24) is 0 Å². The maximum atomic E-state index is 9.68. The fourth-order valence-corrected chi connectivity index (χ4v) is 0.300. The molecule has 3 nitrogen and oxygen atoms in total. The molecular formula is C6H17NaO3. The maximum absolute atomic E-state index is 9.68. The molecule has 0 aromatic heterocycles. The van der Waals surface area contributed by atoms with E-state index in [0.29, 0.717) is 6.61 Å². The minimum atomic E-state index is -1.06. The first-order valence-electron chi connectivity index (χ1n) is 2.55. The smallest absolute Gasteiger partial charge is 0.550 e. The van der Waals surface area contributed by atoms with E-state index in [0.717, 1.165) is 0 Å². The van der Waals surface area contributed by atoms with Crippen LogP contribution in [0.4, 0.5) is 0 Å². The Labute approximate surface area is 87.0 Å². The molecule has 0 spiro atoms. The van der Waals surface area contributed by atoms with Gasteiger partial charge in [-0.15, -0.1) is 0 Å². The van der Waals surface area contributed by atoms with Gasteiger partial charge in [0, 0.05) is 21.9 Å². The maximum Gasteiger partial charge on any atom is 1.00 e. The molecule has 0 bridgehead atoms. The van der Waals surface area contributed by atoms with Crippen LogP contribution in [-0.2, 0) is 9.53 Å². The summed E-state index contributed by atoms with van der Waals surface area (Å²) in [5, 5.41) is 9.68. The molecule has 4 heteroatoms.